The Morgan fingerprint density at radius 1 is 0.828 bits per heavy atom. The Balaban J connectivity index is 1.83. The first-order chi connectivity index (χ1) is 14.0. The molecular weight excluding hydrogens is 384 g/mol. The Labute approximate surface area is 174 Å². The normalized spacial score (nSPS) is 14.0. The highest BCUT2D eigenvalue weighted by Gasteiger charge is 2.40. The van der Waals surface area contributed by atoms with Gasteiger partial charge in [-0.25, -0.2) is 4.90 Å². The second-order valence-corrected chi connectivity index (χ2v) is 7.39. The van der Waals surface area contributed by atoms with Crippen LogP contribution in [0.3, 0.4) is 0 Å². The summed E-state index contributed by atoms with van der Waals surface area (Å²) in [4.78, 5) is 27.8. The maximum absolute atomic E-state index is 13.4. The van der Waals surface area contributed by atoms with Crippen LogP contribution in [0.15, 0.2) is 78.5 Å². The third-order valence-electron chi connectivity index (χ3n) is 4.88. The molecule has 0 saturated heterocycles. The molecule has 5 heteroatoms. The van der Waals surface area contributed by atoms with E-state index < -0.39 is 5.91 Å². The summed E-state index contributed by atoms with van der Waals surface area (Å²) in [5.74, 6) is -0.786. The highest BCUT2D eigenvalue weighted by Crippen LogP contribution is 2.35. The van der Waals surface area contributed by atoms with Crippen LogP contribution in [0.2, 0.25) is 5.02 Å². The van der Waals surface area contributed by atoms with E-state index in [0.717, 1.165) is 16.8 Å². The fourth-order valence-electron chi connectivity index (χ4n) is 3.25. The Bertz CT molecular complexity index is 1140. The van der Waals surface area contributed by atoms with Gasteiger partial charge in [-0.2, -0.15) is 0 Å². The van der Waals surface area contributed by atoms with Gasteiger partial charge >= 0.3 is 0 Å². The van der Waals surface area contributed by atoms with Crippen molar-refractivity contribution in [3.05, 3.63) is 100 Å². The number of nitrogens with zero attached hydrogens (tertiary/aromatic N) is 1. The fraction of sp³-hybridized carbons (Fsp3) is 0.0833. The van der Waals surface area contributed by atoms with Crippen LogP contribution in [0, 0.1) is 13.8 Å². The summed E-state index contributed by atoms with van der Waals surface area (Å²) in [5.41, 5.74) is 4.42. The predicted octanol–water partition coefficient (Wildman–Crippen LogP) is 5.35. The predicted molar refractivity (Wildman–Crippen MR) is 117 cm³/mol. The summed E-state index contributed by atoms with van der Waals surface area (Å²) >= 11 is 6.25. The van der Waals surface area contributed by atoms with Crippen molar-refractivity contribution < 1.29 is 9.59 Å². The molecule has 1 N–H and O–H groups in total. The average Bonchev–Trinajstić information content (AvgIpc) is 2.95. The highest BCUT2D eigenvalue weighted by molar-refractivity contribution is 6.46. The lowest BCUT2D eigenvalue weighted by atomic mass is 10.0. The van der Waals surface area contributed by atoms with Crippen molar-refractivity contribution in [3.8, 4) is 0 Å². The van der Waals surface area contributed by atoms with Gasteiger partial charge in [0.2, 0.25) is 0 Å². The van der Waals surface area contributed by atoms with Gasteiger partial charge < -0.3 is 5.32 Å². The topological polar surface area (TPSA) is 49.4 Å². The molecule has 0 atom stereocenters. The van der Waals surface area contributed by atoms with E-state index in [1.54, 1.807) is 18.2 Å². The lowest BCUT2D eigenvalue weighted by molar-refractivity contribution is -0.120. The molecule has 0 saturated carbocycles. The summed E-state index contributed by atoms with van der Waals surface area (Å²) in [5, 5.41) is 3.65. The second-order valence-electron chi connectivity index (χ2n) is 6.99. The molecule has 2 amide bonds. The summed E-state index contributed by atoms with van der Waals surface area (Å²) in [6.45, 7) is 3.85. The number of carbonyl (C=O) groups is 2. The maximum Gasteiger partial charge on any atom is 0.282 e. The van der Waals surface area contributed by atoms with E-state index >= 15 is 0 Å². The molecule has 0 spiro atoms. The molecule has 1 aliphatic heterocycles. The third kappa shape index (κ3) is 3.55. The minimum absolute atomic E-state index is 0.252. The van der Waals surface area contributed by atoms with Gasteiger partial charge in [0.05, 0.1) is 11.3 Å². The quantitative estimate of drug-likeness (QED) is 0.598. The molecule has 29 heavy (non-hydrogen) atoms. The Morgan fingerprint density at radius 3 is 2.17 bits per heavy atom. The molecule has 3 aromatic rings. The molecule has 1 aliphatic rings. The van der Waals surface area contributed by atoms with Crippen LogP contribution in [0.1, 0.15) is 16.7 Å². The number of para-hydroxylation sites is 1. The van der Waals surface area contributed by atoms with Crippen molar-refractivity contribution >= 4 is 40.4 Å². The van der Waals surface area contributed by atoms with Crippen LogP contribution in [-0.2, 0) is 9.59 Å². The van der Waals surface area contributed by atoms with Crippen LogP contribution in [0.4, 0.5) is 11.4 Å². The summed E-state index contributed by atoms with van der Waals surface area (Å²) in [6, 6.07) is 22.1. The summed E-state index contributed by atoms with van der Waals surface area (Å²) in [7, 11) is 0. The van der Waals surface area contributed by atoms with E-state index in [2.05, 4.69) is 5.32 Å². The molecule has 3 aromatic carbocycles. The number of benzene rings is 3. The van der Waals surface area contributed by atoms with Gasteiger partial charge in [-0.05, 0) is 49.2 Å². The number of rotatable bonds is 4. The molecular formula is C24H19ClN2O2. The number of anilines is 2. The van der Waals surface area contributed by atoms with E-state index in [-0.39, 0.29) is 11.6 Å². The van der Waals surface area contributed by atoms with Gasteiger partial charge in [-0.15, -0.1) is 0 Å². The first-order valence-electron chi connectivity index (χ1n) is 9.24. The largest absolute Gasteiger partial charge is 0.350 e. The van der Waals surface area contributed by atoms with Crippen LogP contribution in [0.25, 0.3) is 5.57 Å². The standard InChI is InChI=1S/C24H19ClN2O2/c1-15-8-11-17(12-9-15)21-22(26-18-6-4-3-5-7-18)24(29)27(23(21)28)19-13-10-16(2)20(25)14-19/h3-14,26H,1-2H3. The van der Waals surface area contributed by atoms with Crippen molar-refractivity contribution in [2.45, 2.75) is 13.8 Å². The average molecular weight is 403 g/mol. The Kier molecular flexibility index (Phi) is 4.95. The number of amides is 2. The minimum atomic E-state index is -0.408. The van der Waals surface area contributed by atoms with E-state index in [1.807, 2.05) is 68.4 Å². The summed E-state index contributed by atoms with van der Waals surface area (Å²) < 4.78 is 0. The van der Waals surface area contributed by atoms with Gasteiger partial charge in [-0.1, -0.05) is 65.7 Å². The maximum atomic E-state index is 13.4. The van der Waals surface area contributed by atoms with Crippen molar-refractivity contribution in [1.82, 2.24) is 0 Å². The van der Waals surface area contributed by atoms with Crippen LogP contribution in [0.5, 0.6) is 0 Å². The zero-order valence-corrected chi connectivity index (χ0v) is 16.8. The number of carbonyl (C=O) groups excluding carboxylic acids is 2. The van der Waals surface area contributed by atoms with E-state index in [4.69, 9.17) is 11.6 Å². The molecule has 0 radical (unpaired) electrons. The number of hydrogen-bond donors (Lipinski definition) is 1. The number of imide groups is 1. The Morgan fingerprint density at radius 2 is 1.52 bits per heavy atom. The van der Waals surface area contributed by atoms with E-state index in [1.165, 1.54) is 4.90 Å². The van der Waals surface area contributed by atoms with E-state index in [0.29, 0.717) is 21.8 Å². The van der Waals surface area contributed by atoms with Crippen molar-refractivity contribution in [3.63, 3.8) is 0 Å². The fourth-order valence-corrected chi connectivity index (χ4v) is 3.43. The van der Waals surface area contributed by atoms with Gasteiger partial charge in [0.15, 0.2) is 0 Å². The number of hydrogen-bond acceptors (Lipinski definition) is 3. The first-order valence-corrected chi connectivity index (χ1v) is 9.62. The smallest absolute Gasteiger partial charge is 0.282 e. The SMILES string of the molecule is Cc1ccc(C2=C(Nc3ccccc3)C(=O)N(c3ccc(C)c(Cl)c3)C2=O)cc1. The molecule has 0 unspecified atom stereocenters. The van der Waals surface area contributed by atoms with Gasteiger partial charge in [0, 0.05) is 10.7 Å². The zero-order valence-electron chi connectivity index (χ0n) is 16.1. The molecule has 144 valence electrons. The molecule has 4 rings (SSSR count). The molecule has 4 nitrogen and oxygen atoms in total. The third-order valence-corrected chi connectivity index (χ3v) is 5.29. The lowest BCUT2D eigenvalue weighted by Crippen LogP contribution is -2.32. The van der Waals surface area contributed by atoms with Crippen molar-refractivity contribution in [2.24, 2.45) is 0 Å². The van der Waals surface area contributed by atoms with Gasteiger partial charge in [-0.3, -0.25) is 9.59 Å². The monoisotopic (exact) mass is 402 g/mol. The minimum Gasteiger partial charge on any atom is -0.350 e. The Hall–Kier alpha value is -3.37. The van der Waals surface area contributed by atoms with E-state index in [9.17, 15) is 9.59 Å². The molecule has 0 bridgehead atoms. The number of halogens is 1. The van der Waals surface area contributed by atoms with Gasteiger partial charge in [0.25, 0.3) is 11.8 Å². The molecule has 0 aliphatic carbocycles. The first kappa shape index (κ1) is 19.0. The van der Waals surface area contributed by atoms with Crippen LogP contribution >= 0.6 is 11.6 Å². The second kappa shape index (κ2) is 7.57. The molecule has 0 aromatic heterocycles. The molecule has 1 heterocycles. The number of nitrogens with one attached hydrogen (secondary N) is 1. The molecule has 0 fully saturated rings. The van der Waals surface area contributed by atoms with Crippen LogP contribution in [-0.4, -0.2) is 11.8 Å². The van der Waals surface area contributed by atoms with Crippen molar-refractivity contribution in [1.29, 1.82) is 0 Å². The van der Waals surface area contributed by atoms with Gasteiger partial charge in [0.1, 0.15) is 5.70 Å². The lowest BCUT2D eigenvalue weighted by Gasteiger charge is -2.16. The summed E-state index contributed by atoms with van der Waals surface area (Å²) in [6.07, 6.45) is 0. The van der Waals surface area contributed by atoms with Crippen molar-refractivity contribution in [2.75, 3.05) is 10.2 Å². The highest BCUT2D eigenvalue weighted by atomic mass is 35.5. The van der Waals surface area contributed by atoms with Crippen LogP contribution < -0.4 is 10.2 Å². The number of aryl methyl sites for hydroxylation is 2. The zero-order chi connectivity index (χ0) is 20.5.